The summed E-state index contributed by atoms with van der Waals surface area (Å²) in [4.78, 5) is 16.9. The maximum atomic E-state index is 12.5. The molecule has 1 amide bonds. The smallest absolute Gasteiger partial charge is 0.259 e. The van der Waals surface area contributed by atoms with Crippen LogP contribution in [-0.4, -0.2) is 31.9 Å². The van der Waals surface area contributed by atoms with E-state index in [9.17, 15) is 4.79 Å². The van der Waals surface area contributed by atoms with Crippen molar-refractivity contribution in [2.45, 2.75) is 0 Å². The van der Waals surface area contributed by atoms with Crippen molar-refractivity contribution in [3.8, 4) is 5.75 Å². The Morgan fingerprint density at radius 3 is 2.73 bits per heavy atom. The first kappa shape index (κ1) is 14.1. The van der Waals surface area contributed by atoms with Crippen LogP contribution < -0.4 is 15.4 Å². The van der Waals surface area contributed by atoms with E-state index in [1.807, 2.05) is 36.4 Å². The van der Waals surface area contributed by atoms with E-state index in [-0.39, 0.29) is 5.91 Å². The highest BCUT2D eigenvalue weighted by Crippen LogP contribution is 2.21. The summed E-state index contributed by atoms with van der Waals surface area (Å²) in [5, 5.41) is 6.16. The van der Waals surface area contributed by atoms with Gasteiger partial charge in [-0.25, -0.2) is 0 Å². The Hall–Kier alpha value is -2.82. The second kappa shape index (κ2) is 6.30. The molecule has 5 nitrogen and oxygen atoms in total. The van der Waals surface area contributed by atoms with Gasteiger partial charge in [-0.1, -0.05) is 24.3 Å². The topological polar surface area (TPSA) is 62.7 Å². The third-order valence-electron chi connectivity index (χ3n) is 3.46. The number of aliphatic imine (C=N–C) groups is 1. The third-order valence-corrected chi connectivity index (χ3v) is 3.46. The Morgan fingerprint density at radius 1 is 1.18 bits per heavy atom. The lowest BCUT2D eigenvalue weighted by Crippen LogP contribution is -2.22. The first-order valence-electron chi connectivity index (χ1n) is 7.11. The van der Waals surface area contributed by atoms with Crippen LogP contribution in [0.5, 0.6) is 5.75 Å². The van der Waals surface area contributed by atoms with E-state index in [1.165, 1.54) is 0 Å². The molecule has 0 atom stereocenters. The summed E-state index contributed by atoms with van der Waals surface area (Å²) in [6.07, 6.45) is 0. The summed E-state index contributed by atoms with van der Waals surface area (Å²) in [5.41, 5.74) is 2.12. The number of hydrogen-bond acceptors (Lipinski definition) is 4. The number of methoxy groups -OCH3 is 1. The SMILES string of the molecule is COc1ccccc1C(=O)Nc1ccccc1C1=NCCN1. The molecule has 0 spiro atoms. The van der Waals surface area contributed by atoms with E-state index in [4.69, 9.17) is 4.74 Å². The molecule has 0 aliphatic carbocycles. The van der Waals surface area contributed by atoms with E-state index >= 15 is 0 Å². The lowest BCUT2D eigenvalue weighted by Gasteiger charge is -2.13. The van der Waals surface area contributed by atoms with Crippen LogP contribution in [0.3, 0.4) is 0 Å². The number of amidine groups is 1. The number of ether oxygens (including phenoxy) is 1. The van der Waals surface area contributed by atoms with Gasteiger partial charge < -0.3 is 15.4 Å². The van der Waals surface area contributed by atoms with Gasteiger partial charge in [-0.2, -0.15) is 0 Å². The summed E-state index contributed by atoms with van der Waals surface area (Å²) in [6, 6.07) is 14.8. The molecule has 0 aromatic heterocycles. The molecule has 2 aromatic carbocycles. The van der Waals surface area contributed by atoms with E-state index in [0.29, 0.717) is 11.3 Å². The first-order valence-corrected chi connectivity index (χ1v) is 7.11. The summed E-state index contributed by atoms with van der Waals surface area (Å²) < 4.78 is 5.24. The number of rotatable bonds is 4. The van der Waals surface area contributed by atoms with E-state index < -0.39 is 0 Å². The molecule has 1 aliphatic rings. The highest BCUT2D eigenvalue weighted by atomic mass is 16.5. The maximum absolute atomic E-state index is 12.5. The summed E-state index contributed by atoms with van der Waals surface area (Å²) in [6.45, 7) is 1.58. The van der Waals surface area contributed by atoms with Gasteiger partial charge in [0.15, 0.2) is 0 Å². The number of amides is 1. The Labute approximate surface area is 129 Å². The molecule has 5 heteroatoms. The van der Waals surface area contributed by atoms with E-state index in [2.05, 4.69) is 15.6 Å². The molecule has 2 aromatic rings. The number of anilines is 1. The number of carbonyl (C=O) groups is 1. The van der Waals surface area contributed by atoms with Crippen molar-refractivity contribution in [3.63, 3.8) is 0 Å². The zero-order valence-corrected chi connectivity index (χ0v) is 12.3. The molecule has 0 fully saturated rings. The molecule has 3 rings (SSSR count). The van der Waals surface area contributed by atoms with Crippen LogP contribution >= 0.6 is 0 Å². The minimum absolute atomic E-state index is 0.205. The van der Waals surface area contributed by atoms with Gasteiger partial charge in [0.1, 0.15) is 11.6 Å². The van der Waals surface area contributed by atoms with E-state index in [1.54, 1.807) is 19.2 Å². The highest BCUT2D eigenvalue weighted by Gasteiger charge is 2.16. The van der Waals surface area contributed by atoms with Crippen LogP contribution in [0.1, 0.15) is 15.9 Å². The van der Waals surface area contributed by atoms with Crippen molar-refractivity contribution in [2.75, 3.05) is 25.5 Å². The molecular formula is C17H17N3O2. The monoisotopic (exact) mass is 295 g/mol. The maximum Gasteiger partial charge on any atom is 0.259 e. The van der Waals surface area contributed by atoms with Gasteiger partial charge in [-0.3, -0.25) is 9.79 Å². The zero-order chi connectivity index (χ0) is 15.4. The zero-order valence-electron chi connectivity index (χ0n) is 12.3. The average molecular weight is 295 g/mol. The van der Waals surface area contributed by atoms with Crippen LogP contribution in [0.25, 0.3) is 0 Å². The fourth-order valence-electron chi connectivity index (χ4n) is 2.40. The fourth-order valence-corrected chi connectivity index (χ4v) is 2.40. The van der Waals surface area contributed by atoms with Gasteiger partial charge in [0.25, 0.3) is 5.91 Å². The second-order valence-corrected chi connectivity index (χ2v) is 4.86. The van der Waals surface area contributed by atoms with Crippen molar-refractivity contribution < 1.29 is 9.53 Å². The summed E-state index contributed by atoms with van der Waals surface area (Å²) in [5.74, 6) is 1.16. The number of benzene rings is 2. The number of nitrogens with one attached hydrogen (secondary N) is 2. The van der Waals surface area contributed by atoms with Crippen LogP contribution in [0.2, 0.25) is 0 Å². The third kappa shape index (κ3) is 2.79. The second-order valence-electron chi connectivity index (χ2n) is 4.86. The molecule has 0 unspecified atom stereocenters. The van der Waals surface area contributed by atoms with Gasteiger partial charge in [0.2, 0.25) is 0 Å². The molecule has 22 heavy (non-hydrogen) atoms. The van der Waals surface area contributed by atoms with Crippen molar-refractivity contribution in [1.82, 2.24) is 5.32 Å². The number of carbonyl (C=O) groups excluding carboxylic acids is 1. The van der Waals surface area contributed by atoms with Gasteiger partial charge in [-0.05, 0) is 24.3 Å². The molecule has 0 radical (unpaired) electrons. The van der Waals surface area contributed by atoms with Crippen molar-refractivity contribution >= 4 is 17.4 Å². The van der Waals surface area contributed by atoms with Gasteiger partial charge in [0, 0.05) is 12.1 Å². The standard InChI is InChI=1S/C17H17N3O2/c1-22-15-9-5-3-7-13(15)17(21)20-14-8-4-2-6-12(14)16-18-10-11-19-16/h2-9H,10-11H2,1H3,(H,18,19)(H,20,21). The van der Waals surface area contributed by atoms with Crippen LogP contribution in [0, 0.1) is 0 Å². The fraction of sp³-hybridized carbons (Fsp3) is 0.176. The number of para-hydroxylation sites is 2. The van der Waals surface area contributed by atoms with Crippen molar-refractivity contribution in [3.05, 3.63) is 59.7 Å². The quantitative estimate of drug-likeness (QED) is 0.909. The van der Waals surface area contributed by atoms with Gasteiger partial charge in [-0.15, -0.1) is 0 Å². The van der Waals surface area contributed by atoms with Crippen LogP contribution in [0.15, 0.2) is 53.5 Å². The van der Waals surface area contributed by atoms with Gasteiger partial charge in [0.05, 0.1) is 24.9 Å². The van der Waals surface area contributed by atoms with Crippen LogP contribution in [0.4, 0.5) is 5.69 Å². The Bertz CT molecular complexity index is 725. The number of nitrogens with zero attached hydrogens (tertiary/aromatic N) is 1. The minimum atomic E-state index is -0.205. The Kier molecular flexibility index (Phi) is 4.05. The highest BCUT2D eigenvalue weighted by molar-refractivity contribution is 6.11. The predicted molar refractivity (Wildman–Crippen MR) is 86.8 cm³/mol. The molecule has 2 N–H and O–H groups in total. The Morgan fingerprint density at radius 2 is 1.95 bits per heavy atom. The minimum Gasteiger partial charge on any atom is -0.496 e. The predicted octanol–water partition coefficient (Wildman–Crippen LogP) is 2.30. The molecule has 1 aliphatic heterocycles. The molecule has 112 valence electrons. The molecular weight excluding hydrogens is 278 g/mol. The van der Waals surface area contributed by atoms with Crippen molar-refractivity contribution in [1.29, 1.82) is 0 Å². The van der Waals surface area contributed by atoms with Gasteiger partial charge >= 0.3 is 0 Å². The molecule has 0 saturated heterocycles. The summed E-state index contributed by atoms with van der Waals surface area (Å²) in [7, 11) is 1.55. The number of hydrogen-bond donors (Lipinski definition) is 2. The lowest BCUT2D eigenvalue weighted by molar-refractivity contribution is 0.102. The largest absolute Gasteiger partial charge is 0.496 e. The summed E-state index contributed by atoms with van der Waals surface area (Å²) >= 11 is 0. The molecule has 0 bridgehead atoms. The molecule has 1 heterocycles. The molecule has 0 saturated carbocycles. The van der Waals surface area contributed by atoms with Crippen LogP contribution in [-0.2, 0) is 0 Å². The average Bonchev–Trinajstić information content (AvgIpc) is 3.09. The first-order chi connectivity index (χ1) is 10.8. The Balaban J connectivity index is 1.89. The van der Waals surface area contributed by atoms with E-state index in [0.717, 1.165) is 30.2 Å². The lowest BCUT2D eigenvalue weighted by atomic mass is 10.1. The van der Waals surface area contributed by atoms with Crippen molar-refractivity contribution in [2.24, 2.45) is 4.99 Å². The normalized spacial score (nSPS) is 13.2.